The van der Waals surface area contributed by atoms with E-state index in [1.807, 2.05) is 0 Å². The largest absolute Gasteiger partial charge is 0.469 e. The number of esters is 1. The molecule has 1 rings (SSSR count). The zero-order valence-electron chi connectivity index (χ0n) is 9.01. The summed E-state index contributed by atoms with van der Waals surface area (Å²) in [6, 6.07) is 0. The maximum atomic E-state index is 10.3. The minimum absolute atomic E-state index is 0.118. The van der Waals surface area contributed by atoms with Gasteiger partial charge in [0.15, 0.2) is 6.29 Å². The lowest BCUT2D eigenvalue weighted by molar-refractivity contribution is -0.152. The predicted molar refractivity (Wildman–Crippen MR) is 51.1 cm³/mol. The van der Waals surface area contributed by atoms with Gasteiger partial charge in [-0.15, -0.1) is 0 Å². The molecule has 0 aromatic rings. The van der Waals surface area contributed by atoms with Crippen LogP contribution in [-0.4, -0.2) is 56.0 Å². The number of carbonyl (C=O) groups excluding carboxylic acids is 1. The highest BCUT2D eigenvalue weighted by Crippen LogP contribution is 2.00. The van der Waals surface area contributed by atoms with E-state index in [0.717, 1.165) is 13.0 Å². The van der Waals surface area contributed by atoms with Crippen LogP contribution in [0.15, 0.2) is 0 Å². The fourth-order valence-corrected chi connectivity index (χ4v) is 0.831. The molecule has 1 saturated heterocycles. The van der Waals surface area contributed by atoms with Crippen molar-refractivity contribution >= 4 is 5.97 Å². The highest BCUT2D eigenvalue weighted by molar-refractivity contribution is 5.69. The van der Waals surface area contributed by atoms with Crippen molar-refractivity contribution in [2.45, 2.75) is 25.2 Å². The van der Waals surface area contributed by atoms with Crippen molar-refractivity contribution in [1.29, 1.82) is 0 Å². The predicted octanol–water partition coefficient (Wildman–Crippen LogP) is -0.718. The van der Waals surface area contributed by atoms with Crippen molar-refractivity contribution in [2.24, 2.45) is 0 Å². The van der Waals surface area contributed by atoms with E-state index in [1.165, 1.54) is 14.2 Å². The molecule has 1 heterocycles. The van der Waals surface area contributed by atoms with E-state index in [0.29, 0.717) is 6.61 Å². The van der Waals surface area contributed by atoms with E-state index >= 15 is 0 Å². The topological polar surface area (TPSA) is 85.2 Å². The van der Waals surface area contributed by atoms with Gasteiger partial charge in [-0.2, -0.15) is 0 Å². The zero-order valence-corrected chi connectivity index (χ0v) is 9.01. The van der Waals surface area contributed by atoms with Crippen LogP contribution in [0.3, 0.4) is 0 Å². The fourth-order valence-electron chi connectivity index (χ4n) is 0.831. The van der Waals surface area contributed by atoms with Crippen LogP contribution in [0.25, 0.3) is 0 Å². The molecule has 2 N–H and O–H groups in total. The number of rotatable bonds is 3. The molecule has 6 heteroatoms. The molecule has 0 amide bonds. The van der Waals surface area contributed by atoms with Gasteiger partial charge in [0.25, 0.3) is 0 Å². The highest BCUT2D eigenvalue weighted by Gasteiger charge is 2.09. The first-order valence-electron chi connectivity index (χ1n) is 4.63. The van der Waals surface area contributed by atoms with Crippen LogP contribution in [0.5, 0.6) is 0 Å². The Kier molecular flexibility index (Phi) is 8.21. The molecule has 0 aromatic carbocycles. The zero-order chi connectivity index (χ0) is 11.7. The molecule has 0 spiro atoms. The number of methoxy groups -OCH3 is 2. The van der Waals surface area contributed by atoms with Gasteiger partial charge in [-0.3, -0.25) is 4.79 Å². The van der Waals surface area contributed by atoms with E-state index in [9.17, 15) is 4.79 Å². The van der Waals surface area contributed by atoms with Crippen LogP contribution >= 0.6 is 0 Å². The van der Waals surface area contributed by atoms with Crippen molar-refractivity contribution in [3.63, 3.8) is 0 Å². The Morgan fingerprint density at radius 1 is 1.60 bits per heavy atom. The lowest BCUT2D eigenvalue weighted by Gasteiger charge is -2.04. The number of carbonyl (C=O) groups is 1. The quantitative estimate of drug-likeness (QED) is 0.484. The van der Waals surface area contributed by atoms with Crippen molar-refractivity contribution in [3.05, 3.63) is 0 Å². The lowest BCUT2D eigenvalue weighted by atomic mass is 10.3. The first kappa shape index (κ1) is 14.3. The van der Waals surface area contributed by atoms with Gasteiger partial charge in [-0.1, -0.05) is 0 Å². The molecule has 0 bridgehead atoms. The van der Waals surface area contributed by atoms with E-state index in [1.54, 1.807) is 0 Å². The SMILES string of the molecule is COC(=O)C[C@@H](O)OC.OC1CCOC1. The molecule has 1 aliphatic rings. The number of hydrogen-bond donors (Lipinski definition) is 2. The number of aliphatic hydroxyl groups excluding tert-OH is 2. The second kappa shape index (κ2) is 8.60. The van der Waals surface area contributed by atoms with E-state index in [4.69, 9.17) is 14.9 Å². The number of ether oxygens (including phenoxy) is 3. The van der Waals surface area contributed by atoms with E-state index in [2.05, 4.69) is 9.47 Å². The van der Waals surface area contributed by atoms with Gasteiger partial charge >= 0.3 is 5.97 Å². The van der Waals surface area contributed by atoms with Crippen molar-refractivity contribution in [2.75, 3.05) is 27.4 Å². The van der Waals surface area contributed by atoms with Gasteiger partial charge in [-0.25, -0.2) is 0 Å². The minimum atomic E-state index is -1.04. The molecule has 2 atom stereocenters. The summed E-state index contributed by atoms with van der Waals surface area (Å²) in [4.78, 5) is 10.3. The van der Waals surface area contributed by atoms with Gasteiger partial charge < -0.3 is 24.4 Å². The first-order chi connectivity index (χ1) is 7.10. The third kappa shape index (κ3) is 8.31. The summed E-state index contributed by atoms with van der Waals surface area (Å²) < 4.78 is 13.4. The van der Waals surface area contributed by atoms with Gasteiger partial charge in [0.05, 0.1) is 26.2 Å². The maximum Gasteiger partial charge on any atom is 0.310 e. The molecule has 90 valence electrons. The number of aliphatic hydroxyl groups is 2. The summed E-state index contributed by atoms with van der Waals surface area (Å²) in [5, 5.41) is 17.2. The fraction of sp³-hybridized carbons (Fsp3) is 0.889. The smallest absolute Gasteiger partial charge is 0.310 e. The van der Waals surface area contributed by atoms with Gasteiger partial charge in [0.2, 0.25) is 0 Å². The Hall–Kier alpha value is -0.690. The van der Waals surface area contributed by atoms with Crippen LogP contribution in [0, 0.1) is 0 Å². The van der Waals surface area contributed by atoms with Crippen LogP contribution in [-0.2, 0) is 19.0 Å². The molecule has 1 aliphatic heterocycles. The molecule has 1 unspecified atom stereocenters. The third-order valence-electron chi connectivity index (χ3n) is 1.75. The minimum Gasteiger partial charge on any atom is -0.469 e. The summed E-state index contributed by atoms with van der Waals surface area (Å²) in [6.45, 7) is 1.28. The molecule has 6 nitrogen and oxygen atoms in total. The molecule has 0 aromatic heterocycles. The Morgan fingerprint density at radius 3 is 2.53 bits per heavy atom. The van der Waals surface area contributed by atoms with Crippen LogP contribution < -0.4 is 0 Å². The highest BCUT2D eigenvalue weighted by atomic mass is 16.6. The van der Waals surface area contributed by atoms with Crippen molar-refractivity contribution < 1.29 is 29.2 Å². The summed E-state index contributed by atoms with van der Waals surface area (Å²) in [5.74, 6) is -0.482. The van der Waals surface area contributed by atoms with Crippen molar-refractivity contribution in [3.8, 4) is 0 Å². The van der Waals surface area contributed by atoms with Gasteiger partial charge in [0.1, 0.15) is 0 Å². The van der Waals surface area contributed by atoms with Crippen molar-refractivity contribution in [1.82, 2.24) is 0 Å². The Morgan fingerprint density at radius 2 is 2.27 bits per heavy atom. The molecule has 0 aliphatic carbocycles. The summed E-state index contributed by atoms with van der Waals surface area (Å²) in [5.41, 5.74) is 0. The van der Waals surface area contributed by atoms with E-state index < -0.39 is 12.3 Å². The molecule has 1 fully saturated rings. The normalized spacial score (nSPS) is 21.5. The maximum absolute atomic E-state index is 10.3. The Bertz CT molecular complexity index is 166. The summed E-state index contributed by atoms with van der Waals surface area (Å²) in [6.07, 6.45) is -0.519. The Balaban J connectivity index is 0.000000280. The molecule has 15 heavy (non-hydrogen) atoms. The standard InChI is InChI=1S/C5H10O4.C4H8O2/c1-8-4(6)3-5(7)9-2;5-4-1-2-6-3-4/h4,6H,3H2,1-2H3;4-5H,1-3H2/t4-;/m0./s1. The van der Waals surface area contributed by atoms with Gasteiger partial charge in [-0.05, 0) is 6.42 Å². The third-order valence-corrected chi connectivity index (χ3v) is 1.75. The monoisotopic (exact) mass is 222 g/mol. The van der Waals surface area contributed by atoms with Crippen LogP contribution in [0.1, 0.15) is 12.8 Å². The molecule has 0 radical (unpaired) electrons. The lowest BCUT2D eigenvalue weighted by Crippen LogP contribution is -2.15. The summed E-state index contributed by atoms with van der Waals surface area (Å²) >= 11 is 0. The number of hydrogen-bond acceptors (Lipinski definition) is 6. The van der Waals surface area contributed by atoms with Crippen LogP contribution in [0.4, 0.5) is 0 Å². The summed E-state index contributed by atoms with van der Waals surface area (Å²) in [7, 11) is 2.57. The average molecular weight is 222 g/mol. The second-order valence-corrected chi connectivity index (χ2v) is 2.99. The van der Waals surface area contributed by atoms with E-state index in [-0.39, 0.29) is 12.5 Å². The van der Waals surface area contributed by atoms with Crippen LogP contribution in [0.2, 0.25) is 0 Å². The first-order valence-corrected chi connectivity index (χ1v) is 4.63. The second-order valence-electron chi connectivity index (χ2n) is 2.99. The Labute approximate surface area is 88.7 Å². The molecular formula is C9H18O6. The molecular weight excluding hydrogens is 204 g/mol. The van der Waals surface area contributed by atoms with Gasteiger partial charge in [0, 0.05) is 13.7 Å². The average Bonchev–Trinajstić information content (AvgIpc) is 2.69. The molecule has 0 saturated carbocycles.